The van der Waals surface area contributed by atoms with Crippen LogP contribution < -0.4 is 5.32 Å². The number of aromatic hydroxyl groups is 1. The van der Waals surface area contributed by atoms with E-state index >= 15 is 0 Å². The number of phenols is 1. The van der Waals surface area contributed by atoms with E-state index in [1.54, 1.807) is 6.07 Å². The molecule has 92 valence electrons. The van der Waals surface area contributed by atoms with E-state index in [1.807, 2.05) is 45.2 Å². The summed E-state index contributed by atoms with van der Waals surface area (Å²) in [5.41, 5.74) is 0.0781. The molecule has 0 aromatic heterocycles. The lowest BCUT2D eigenvalue weighted by molar-refractivity contribution is -0.138. The second-order valence-electron chi connectivity index (χ2n) is 3.32. The number of nitrogens with one attached hydrogen (secondary N) is 1. The highest BCUT2D eigenvalue weighted by Crippen LogP contribution is 2.26. The largest absolute Gasteiger partial charge is 0.506 e. The number of carboxylic acids is 1. The first kappa shape index (κ1) is 14.5. The fourth-order valence-electron chi connectivity index (χ4n) is 1.08. The normalized spacial score (nSPS) is 11.9. The molecule has 0 aliphatic heterocycles. The van der Waals surface area contributed by atoms with Gasteiger partial charge in [0.05, 0.1) is 9.13 Å². The first-order valence-corrected chi connectivity index (χ1v) is 6.70. The monoisotopic (exact) mass is 461 g/mol. The van der Waals surface area contributed by atoms with Crippen LogP contribution in [0.5, 0.6) is 5.75 Å². The summed E-state index contributed by atoms with van der Waals surface area (Å²) in [4.78, 5) is 22.3. The summed E-state index contributed by atoms with van der Waals surface area (Å²) in [6.07, 6.45) is 0. The summed E-state index contributed by atoms with van der Waals surface area (Å²) in [7, 11) is 0. The van der Waals surface area contributed by atoms with Crippen molar-refractivity contribution < 1.29 is 19.8 Å². The number of rotatable bonds is 3. The molecule has 0 fully saturated rings. The number of benzene rings is 1. The second-order valence-corrected chi connectivity index (χ2v) is 5.72. The minimum Gasteiger partial charge on any atom is -0.506 e. The SMILES string of the molecule is CC(NC(=O)c1cc(I)cc(I)c1O)C(=O)O. The van der Waals surface area contributed by atoms with Gasteiger partial charge < -0.3 is 15.5 Å². The van der Waals surface area contributed by atoms with Crippen LogP contribution in [0.4, 0.5) is 0 Å². The maximum Gasteiger partial charge on any atom is 0.325 e. The summed E-state index contributed by atoms with van der Waals surface area (Å²) < 4.78 is 1.33. The molecule has 5 nitrogen and oxygen atoms in total. The Hall–Kier alpha value is -0.580. The lowest BCUT2D eigenvalue weighted by Gasteiger charge is -2.11. The molecule has 0 aliphatic carbocycles. The summed E-state index contributed by atoms with van der Waals surface area (Å²) in [5.74, 6) is -1.87. The number of carbonyl (C=O) groups excluding carboxylic acids is 1. The standard InChI is InChI=1S/C10H9I2NO4/c1-4(10(16)17)13-9(15)6-2-5(11)3-7(12)8(6)14/h2-4,14H,1H3,(H,13,15)(H,16,17). The third-order valence-electron chi connectivity index (χ3n) is 1.99. The summed E-state index contributed by atoms with van der Waals surface area (Å²) >= 11 is 3.92. The minimum absolute atomic E-state index is 0.0781. The average molecular weight is 461 g/mol. The van der Waals surface area contributed by atoms with Gasteiger partial charge in [0.2, 0.25) is 0 Å². The topological polar surface area (TPSA) is 86.6 Å². The third-order valence-corrected chi connectivity index (χ3v) is 3.44. The summed E-state index contributed by atoms with van der Waals surface area (Å²) in [5, 5.41) is 20.7. The van der Waals surface area contributed by atoms with Crippen LogP contribution in [0.25, 0.3) is 0 Å². The van der Waals surface area contributed by atoms with E-state index in [2.05, 4.69) is 5.32 Å². The highest BCUT2D eigenvalue weighted by molar-refractivity contribution is 14.1. The van der Waals surface area contributed by atoms with Gasteiger partial charge in [0.25, 0.3) is 5.91 Å². The number of aliphatic carboxylic acids is 1. The molecular formula is C10H9I2NO4. The fourth-order valence-corrected chi connectivity index (χ4v) is 2.92. The second kappa shape index (κ2) is 5.85. The van der Waals surface area contributed by atoms with Gasteiger partial charge in [0, 0.05) is 3.57 Å². The third kappa shape index (κ3) is 3.69. The summed E-state index contributed by atoms with van der Waals surface area (Å²) in [6, 6.07) is 2.22. The lowest BCUT2D eigenvalue weighted by atomic mass is 10.2. The van der Waals surface area contributed by atoms with E-state index in [4.69, 9.17) is 5.11 Å². The molecule has 0 bridgehead atoms. The van der Waals surface area contributed by atoms with Gasteiger partial charge in [-0.3, -0.25) is 9.59 Å². The molecule has 1 amide bonds. The van der Waals surface area contributed by atoms with Gasteiger partial charge in [-0.25, -0.2) is 0 Å². The average Bonchev–Trinajstić information content (AvgIpc) is 2.22. The number of halogens is 2. The first-order valence-electron chi connectivity index (χ1n) is 4.54. The number of hydrogen-bond donors (Lipinski definition) is 3. The van der Waals surface area contributed by atoms with Crippen LogP contribution in [-0.2, 0) is 4.79 Å². The van der Waals surface area contributed by atoms with E-state index in [0.29, 0.717) is 3.57 Å². The maximum absolute atomic E-state index is 11.7. The molecule has 0 spiro atoms. The molecule has 1 rings (SSSR count). The van der Waals surface area contributed by atoms with Gasteiger partial charge in [-0.15, -0.1) is 0 Å². The maximum atomic E-state index is 11.7. The Morgan fingerprint density at radius 2 is 1.94 bits per heavy atom. The molecule has 0 saturated carbocycles. The van der Waals surface area contributed by atoms with Gasteiger partial charge in [-0.2, -0.15) is 0 Å². The lowest BCUT2D eigenvalue weighted by Crippen LogP contribution is -2.38. The van der Waals surface area contributed by atoms with Crippen molar-refractivity contribution in [2.45, 2.75) is 13.0 Å². The molecule has 17 heavy (non-hydrogen) atoms. The van der Waals surface area contributed by atoms with Crippen LogP contribution in [0.1, 0.15) is 17.3 Å². The molecule has 7 heteroatoms. The Bertz CT molecular complexity index is 476. The summed E-state index contributed by atoms with van der Waals surface area (Å²) in [6.45, 7) is 1.36. The van der Waals surface area contributed by atoms with Crippen LogP contribution in [0, 0.1) is 7.14 Å². The van der Waals surface area contributed by atoms with Gasteiger partial charge >= 0.3 is 5.97 Å². The quantitative estimate of drug-likeness (QED) is 0.600. The Balaban J connectivity index is 3.01. The Labute approximate surface area is 125 Å². The van der Waals surface area contributed by atoms with E-state index in [-0.39, 0.29) is 11.3 Å². The zero-order valence-electron chi connectivity index (χ0n) is 8.70. The van der Waals surface area contributed by atoms with Crippen LogP contribution in [0.2, 0.25) is 0 Å². The van der Waals surface area contributed by atoms with E-state index in [9.17, 15) is 14.7 Å². The molecule has 1 aromatic rings. The van der Waals surface area contributed by atoms with Crippen LogP contribution >= 0.6 is 45.2 Å². The van der Waals surface area contributed by atoms with E-state index < -0.39 is 17.9 Å². The molecular weight excluding hydrogens is 452 g/mol. The van der Waals surface area contributed by atoms with Gasteiger partial charge in [0.1, 0.15) is 11.8 Å². The Morgan fingerprint density at radius 3 is 2.47 bits per heavy atom. The molecule has 0 radical (unpaired) electrons. The van der Waals surface area contributed by atoms with Crippen molar-refractivity contribution in [3.8, 4) is 5.75 Å². The van der Waals surface area contributed by atoms with E-state index in [1.165, 1.54) is 13.0 Å². The smallest absolute Gasteiger partial charge is 0.325 e. The molecule has 0 saturated heterocycles. The minimum atomic E-state index is -1.13. The Kier molecular flexibility index (Phi) is 4.98. The number of hydrogen-bond acceptors (Lipinski definition) is 3. The van der Waals surface area contributed by atoms with Crippen LogP contribution in [0.15, 0.2) is 12.1 Å². The number of carboxylic acid groups (broad SMARTS) is 1. The predicted molar refractivity (Wildman–Crippen MR) is 78.1 cm³/mol. The zero-order chi connectivity index (χ0) is 13.2. The Morgan fingerprint density at radius 1 is 1.35 bits per heavy atom. The predicted octanol–water partition coefficient (Wildman–Crippen LogP) is 1.80. The van der Waals surface area contributed by atoms with Crippen LogP contribution in [0.3, 0.4) is 0 Å². The van der Waals surface area contributed by atoms with Gasteiger partial charge in [-0.05, 0) is 64.2 Å². The van der Waals surface area contributed by atoms with Crippen molar-refractivity contribution >= 4 is 57.1 Å². The van der Waals surface area contributed by atoms with Crippen molar-refractivity contribution in [2.24, 2.45) is 0 Å². The number of phenolic OH excluding ortho intramolecular Hbond substituents is 1. The van der Waals surface area contributed by atoms with Crippen LogP contribution in [-0.4, -0.2) is 28.1 Å². The van der Waals surface area contributed by atoms with Gasteiger partial charge in [0.15, 0.2) is 0 Å². The first-order chi connectivity index (χ1) is 7.82. The van der Waals surface area contributed by atoms with Gasteiger partial charge in [-0.1, -0.05) is 0 Å². The molecule has 1 atom stereocenters. The molecule has 0 aliphatic rings. The van der Waals surface area contributed by atoms with Crippen molar-refractivity contribution in [3.63, 3.8) is 0 Å². The molecule has 1 aromatic carbocycles. The fraction of sp³-hybridized carbons (Fsp3) is 0.200. The van der Waals surface area contributed by atoms with E-state index in [0.717, 1.165) is 3.57 Å². The molecule has 1 unspecified atom stereocenters. The number of amides is 1. The van der Waals surface area contributed by atoms with Crippen molar-refractivity contribution in [2.75, 3.05) is 0 Å². The van der Waals surface area contributed by atoms with Crippen molar-refractivity contribution in [3.05, 3.63) is 24.8 Å². The van der Waals surface area contributed by atoms with Crippen molar-refractivity contribution in [1.82, 2.24) is 5.32 Å². The highest BCUT2D eigenvalue weighted by Gasteiger charge is 2.19. The molecule has 3 N–H and O–H groups in total. The number of carbonyl (C=O) groups is 2. The highest BCUT2D eigenvalue weighted by atomic mass is 127. The molecule has 0 heterocycles. The van der Waals surface area contributed by atoms with Crippen molar-refractivity contribution in [1.29, 1.82) is 0 Å². The zero-order valence-corrected chi connectivity index (χ0v) is 13.0.